The van der Waals surface area contributed by atoms with Gasteiger partial charge in [-0.05, 0) is 12.1 Å². The Morgan fingerprint density at radius 1 is 1.17 bits per heavy atom. The first-order valence-electron chi connectivity index (χ1n) is 7.49. The van der Waals surface area contributed by atoms with Crippen LogP contribution in [0.25, 0.3) is 22.2 Å². The maximum Gasteiger partial charge on any atom is 0.330 e. The van der Waals surface area contributed by atoms with Gasteiger partial charge in [0, 0.05) is 44.0 Å². The van der Waals surface area contributed by atoms with E-state index in [0.717, 1.165) is 20.3 Å². The van der Waals surface area contributed by atoms with Crippen molar-refractivity contribution in [1.82, 2.24) is 13.7 Å². The van der Waals surface area contributed by atoms with Crippen LogP contribution in [0.4, 0.5) is 0 Å². The summed E-state index contributed by atoms with van der Waals surface area (Å²) >= 11 is 3.48. The van der Waals surface area contributed by atoms with Crippen LogP contribution in [0.3, 0.4) is 0 Å². The van der Waals surface area contributed by atoms with E-state index in [4.69, 9.17) is 4.74 Å². The highest BCUT2D eigenvalue weighted by Gasteiger charge is 2.19. The second-order valence-corrected chi connectivity index (χ2v) is 6.56. The van der Waals surface area contributed by atoms with Gasteiger partial charge in [0.2, 0.25) is 0 Å². The molecule has 6 nitrogen and oxygen atoms in total. The number of nitrogens with zero attached hydrogens (tertiary/aromatic N) is 3. The van der Waals surface area contributed by atoms with Gasteiger partial charge in [0.05, 0.1) is 23.2 Å². The van der Waals surface area contributed by atoms with Crippen LogP contribution in [0.15, 0.2) is 44.5 Å². The predicted octanol–water partition coefficient (Wildman–Crippen LogP) is 2.11. The summed E-state index contributed by atoms with van der Waals surface area (Å²) in [5.41, 5.74) is 1.69. The first-order chi connectivity index (χ1) is 11.5. The molecule has 0 fully saturated rings. The number of benzene rings is 1. The first kappa shape index (κ1) is 16.7. The van der Waals surface area contributed by atoms with Crippen LogP contribution in [0.1, 0.15) is 0 Å². The number of hydrogen-bond acceptors (Lipinski definition) is 3. The van der Waals surface area contributed by atoms with Crippen LogP contribution < -0.4 is 11.2 Å². The van der Waals surface area contributed by atoms with Crippen molar-refractivity contribution < 1.29 is 4.74 Å². The van der Waals surface area contributed by atoms with Crippen molar-refractivity contribution in [2.75, 3.05) is 13.7 Å². The molecule has 0 spiro atoms. The van der Waals surface area contributed by atoms with E-state index < -0.39 is 0 Å². The molecule has 126 valence electrons. The summed E-state index contributed by atoms with van der Waals surface area (Å²) in [6, 6.07) is 7.77. The van der Waals surface area contributed by atoms with E-state index in [1.54, 1.807) is 14.2 Å². The van der Waals surface area contributed by atoms with E-state index in [2.05, 4.69) is 15.9 Å². The average molecular weight is 392 g/mol. The molecule has 0 bridgehead atoms. The summed E-state index contributed by atoms with van der Waals surface area (Å²) < 4.78 is 10.7. The Labute approximate surface area is 147 Å². The van der Waals surface area contributed by atoms with Crippen molar-refractivity contribution in [2.45, 2.75) is 6.54 Å². The third-order valence-electron chi connectivity index (χ3n) is 4.15. The van der Waals surface area contributed by atoms with Gasteiger partial charge in [-0.15, -0.1) is 0 Å². The first-order valence-corrected chi connectivity index (χ1v) is 8.28. The fourth-order valence-electron chi connectivity index (χ4n) is 2.90. The van der Waals surface area contributed by atoms with Crippen LogP contribution in [0.5, 0.6) is 0 Å². The second-order valence-electron chi connectivity index (χ2n) is 5.64. The second kappa shape index (κ2) is 6.41. The molecule has 0 atom stereocenters. The summed E-state index contributed by atoms with van der Waals surface area (Å²) in [6.45, 7) is 1.10. The molecule has 2 heterocycles. The zero-order valence-corrected chi connectivity index (χ0v) is 15.3. The molecule has 0 aliphatic carbocycles. The average Bonchev–Trinajstić information content (AvgIpc) is 2.95. The van der Waals surface area contributed by atoms with Gasteiger partial charge < -0.3 is 9.30 Å². The zero-order chi connectivity index (χ0) is 17.4. The number of ether oxygens (including phenoxy) is 1. The standard InChI is InChI=1S/C17H18BrN3O3/c1-19-13-10-21(7-8-24-3)15(11-5-4-6-12(18)9-11)14(13)16(22)20(2)17(19)23/h4-6,9-10H,7-8H2,1-3H3. The van der Waals surface area contributed by atoms with E-state index in [0.29, 0.717) is 24.1 Å². The minimum absolute atomic E-state index is 0.292. The van der Waals surface area contributed by atoms with Crippen molar-refractivity contribution >= 4 is 26.8 Å². The number of hydrogen-bond donors (Lipinski definition) is 0. The Kier molecular flexibility index (Phi) is 4.47. The Balaban J connectivity index is 2.44. The van der Waals surface area contributed by atoms with E-state index in [-0.39, 0.29) is 11.2 Å². The van der Waals surface area contributed by atoms with Crippen LogP contribution in [-0.2, 0) is 25.4 Å². The molecule has 2 aromatic heterocycles. The Hall–Kier alpha value is -2.12. The van der Waals surface area contributed by atoms with Crippen molar-refractivity contribution in [3.8, 4) is 11.3 Å². The molecule has 0 aliphatic rings. The molecule has 3 rings (SSSR count). The summed E-state index contributed by atoms with van der Waals surface area (Å²) in [4.78, 5) is 25.0. The lowest BCUT2D eigenvalue weighted by Crippen LogP contribution is -2.36. The number of rotatable bonds is 4. The molecule has 0 radical (unpaired) electrons. The lowest BCUT2D eigenvalue weighted by Gasteiger charge is -2.10. The van der Waals surface area contributed by atoms with Crippen molar-refractivity contribution in [1.29, 1.82) is 0 Å². The minimum Gasteiger partial charge on any atom is -0.383 e. The van der Waals surface area contributed by atoms with Crippen LogP contribution >= 0.6 is 15.9 Å². The summed E-state index contributed by atoms with van der Waals surface area (Å²) in [7, 11) is 4.81. The van der Waals surface area contributed by atoms with Gasteiger partial charge in [0.1, 0.15) is 0 Å². The van der Waals surface area contributed by atoms with Gasteiger partial charge in [-0.3, -0.25) is 13.9 Å². The lowest BCUT2D eigenvalue weighted by molar-refractivity contribution is 0.188. The molecule has 0 aliphatic heterocycles. The quantitative estimate of drug-likeness (QED) is 0.684. The van der Waals surface area contributed by atoms with Gasteiger partial charge in [-0.25, -0.2) is 4.79 Å². The van der Waals surface area contributed by atoms with E-state index in [1.807, 2.05) is 35.0 Å². The third kappa shape index (κ3) is 2.63. The van der Waals surface area contributed by atoms with Gasteiger partial charge >= 0.3 is 5.69 Å². The molecular formula is C17H18BrN3O3. The Morgan fingerprint density at radius 2 is 1.92 bits per heavy atom. The molecule has 0 saturated heterocycles. The molecule has 0 saturated carbocycles. The summed E-state index contributed by atoms with van der Waals surface area (Å²) in [5.74, 6) is 0. The Morgan fingerprint density at radius 3 is 2.58 bits per heavy atom. The fourth-order valence-corrected chi connectivity index (χ4v) is 3.30. The normalized spacial score (nSPS) is 11.3. The number of halogens is 1. The van der Waals surface area contributed by atoms with Gasteiger partial charge in [0.15, 0.2) is 0 Å². The molecule has 24 heavy (non-hydrogen) atoms. The molecular weight excluding hydrogens is 374 g/mol. The van der Waals surface area contributed by atoms with E-state index in [1.165, 1.54) is 11.6 Å². The van der Waals surface area contributed by atoms with Crippen LogP contribution in [0.2, 0.25) is 0 Å². The maximum absolute atomic E-state index is 12.8. The van der Waals surface area contributed by atoms with Crippen molar-refractivity contribution in [2.24, 2.45) is 14.1 Å². The SMILES string of the molecule is COCCn1cc2c(c1-c1cccc(Br)c1)c(=O)n(C)c(=O)n2C. The van der Waals surface area contributed by atoms with E-state index in [9.17, 15) is 9.59 Å². The molecule has 0 unspecified atom stereocenters. The summed E-state index contributed by atoms with van der Waals surface area (Å²) in [5, 5.41) is 0.536. The minimum atomic E-state index is -0.336. The topological polar surface area (TPSA) is 58.2 Å². The number of aryl methyl sites for hydroxylation is 1. The lowest BCUT2D eigenvalue weighted by atomic mass is 10.1. The van der Waals surface area contributed by atoms with Gasteiger partial charge in [-0.1, -0.05) is 28.1 Å². The molecule has 0 amide bonds. The Bertz CT molecular complexity index is 1030. The van der Waals surface area contributed by atoms with Crippen molar-refractivity contribution in [3.63, 3.8) is 0 Å². The highest BCUT2D eigenvalue weighted by atomic mass is 79.9. The number of fused-ring (bicyclic) bond motifs is 1. The molecule has 7 heteroatoms. The molecule has 3 aromatic rings. The number of aromatic nitrogens is 3. The smallest absolute Gasteiger partial charge is 0.330 e. The largest absolute Gasteiger partial charge is 0.383 e. The van der Waals surface area contributed by atoms with E-state index >= 15 is 0 Å². The van der Waals surface area contributed by atoms with Crippen LogP contribution in [-0.4, -0.2) is 27.4 Å². The molecule has 1 aromatic carbocycles. The number of methoxy groups -OCH3 is 1. The fraction of sp³-hybridized carbons (Fsp3) is 0.294. The van der Waals surface area contributed by atoms with Crippen molar-refractivity contribution in [3.05, 3.63) is 55.8 Å². The third-order valence-corrected chi connectivity index (χ3v) is 4.64. The summed E-state index contributed by atoms with van der Waals surface area (Å²) in [6.07, 6.45) is 1.84. The van der Waals surface area contributed by atoms with Gasteiger partial charge in [0.25, 0.3) is 5.56 Å². The highest BCUT2D eigenvalue weighted by molar-refractivity contribution is 9.10. The monoisotopic (exact) mass is 391 g/mol. The highest BCUT2D eigenvalue weighted by Crippen LogP contribution is 2.29. The van der Waals surface area contributed by atoms with Gasteiger partial charge in [-0.2, -0.15) is 0 Å². The maximum atomic E-state index is 12.8. The predicted molar refractivity (Wildman–Crippen MR) is 97.4 cm³/mol. The van der Waals surface area contributed by atoms with Crippen LogP contribution in [0, 0.1) is 0 Å². The molecule has 0 N–H and O–H groups in total. The zero-order valence-electron chi connectivity index (χ0n) is 13.7.